The molecule has 3 aromatic carbocycles. The van der Waals surface area contributed by atoms with Crippen LogP contribution in [-0.2, 0) is 0 Å². The minimum atomic E-state index is -0.150. The van der Waals surface area contributed by atoms with Crippen LogP contribution < -0.4 is 15.0 Å². The Hall–Kier alpha value is -4.41. The molecule has 1 aliphatic carbocycles. The van der Waals surface area contributed by atoms with E-state index in [1.165, 1.54) is 24.2 Å². The Morgan fingerprint density at radius 2 is 1.89 bits per heavy atom. The average Bonchev–Trinajstić information content (AvgIpc) is 3.69. The molecular weight excluding hydrogens is 482 g/mol. The summed E-state index contributed by atoms with van der Waals surface area (Å²) in [4.78, 5) is 19.5. The second-order valence-electron chi connectivity index (χ2n) is 9.02. The molecule has 0 radical (unpaired) electrons. The second kappa shape index (κ2) is 9.57. The molecule has 0 saturated heterocycles. The lowest BCUT2D eigenvalue weighted by Crippen LogP contribution is -2.17. The first-order valence-corrected chi connectivity index (χ1v) is 12.9. The van der Waals surface area contributed by atoms with E-state index < -0.39 is 0 Å². The lowest BCUT2D eigenvalue weighted by atomic mass is 10.0. The van der Waals surface area contributed by atoms with Crippen LogP contribution >= 0.6 is 11.3 Å². The van der Waals surface area contributed by atoms with Gasteiger partial charge in [0.1, 0.15) is 0 Å². The van der Waals surface area contributed by atoms with E-state index in [9.17, 15) is 10.1 Å². The minimum absolute atomic E-state index is 0.150. The van der Waals surface area contributed by atoms with Crippen molar-refractivity contribution in [1.29, 1.82) is 5.26 Å². The zero-order valence-electron chi connectivity index (χ0n) is 20.2. The van der Waals surface area contributed by atoms with Crippen LogP contribution in [0.4, 0.5) is 0 Å². The molecule has 37 heavy (non-hydrogen) atoms. The number of hydrogen-bond acceptors (Lipinski definition) is 6. The maximum absolute atomic E-state index is 13.9. The molecule has 0 atom stereocenters. The summed E-state index contributed by atoms with van der Waals surface area (Å²) in [5.74, 6) is 1.96. The first-order valence-electron chi connectivity index (χ1n) is 12.1. The van der Waals surface area contributed by atoms with Crippen LogP contribution in [-0.4, -0.2) is 23.1 Å². The van der Waals surface area contributed by atoms with Crippen molar-refractivity contribution < 1.29 is 9.47 Å². The summed E-state index contributed by atoms with van der Waals surface area (Å²) >= 11 is 1.48. The quantitative estimate of drug-likeness (QED) is 0.255. The monoisotopic (exact) mass is 505 g/mol. The zero-order valence-corrected chi connectivity index (χ0v) is 21.0. The van der Waals surface area contributed by atoms with E-state index in [-0.39, 0.29) is 5.56 Å². The molecule has 0 aliphatic heterocycles. The third kappa shape index (κ3) is 4.37. The highest BCUT2D eigenvalue weighted by molar-refractivity contribution is 7.23. The van der Waals surface area contributed by atoms with Crippen LogP contribution in [0.1, 0.15) is 29.7 Å². The van der Waals surface area contributed by atoms with Gasteiger partial charge in [-0.2, -0.15) is 5.26 Å². The largest absolute Gasteiger partial charge is 0.493 e. The Labute approximate surface area is 217 Å². The van der Waals surface area contributed by atoms with Gasteiger partial charge in [0.15, 0.2) is 16.5 Å². The van der Waals surface area contributed by atoms with Crippen molar-refractivity contribution in [2.75, 3.05) is 13.7 Å². The number of aromatic nitrogens is 2. The van der Waals surface area contributed by atoms with Crippen molar-refractivity contribution in [1.82, 2.24) is 9.38 Å². The maximum atomic E-state index is 13.9. The molecule has 0 bridgehead atoms. The number of ether oxygens (including phenoxy) is 2. The highest BCUT2D eigenvalue weighted by Gasteiger charge is 2.23. The van der Waals surface area contributed by atoms with Crippen molar-refractivity contribution in [3.63, 3.8) is 0 Å². The van der Waals surface area contributed by atoms with E-state index in [4.69, 9.17) is 14.5 Å². The zero-order chi connectivity index (χ0) is 25.4. The predicted octanol–water partition coefficient (Wildman–Crippen LogP) is 6.42. The highest BCUT2D eigenvalue weighted by Crippen LogP contribution is 2.36. The van der Waals surface area contributed by atoms with Crippen LogP contribution in [0.3, 0.4) is 0 Å². The van der Waals surface area contributed by atoms with Gasteiger partial charge in [0.05, 0.1) is 46.8 Å². The molecule has 0 spiro atoms. The van der Waals surface area contributed by atoms with E-state index in [1.54, 1.807) is 35.8 Å². The molecule has 7 heteroatoms. The molecule has 6 nitrogen and oxygen atoms in total. The first kappa shape index (κ1) is 23.0. The molecule has 5 aromatic rings. The van der Waals surface area contributed by atoms with Crippen molar-refractivity contribution >= 4 is 38.7 Å². The van der Waals surface area contributed by atoms with Crippen molar-refractivity contribution in [3.8, 4) is 28.7 Å². The van der Waals surface area contributed by atoms with E-state index in [1.807, 2.05) is 54.6 Å². The Morgan fingerprint density at radius 3 is 2.65 bits per heavy atom. The van der Waals surface area contributed by atoms with Gasteiger partial charge in [-0.25, -0.2) is 4.98 Å². The lowest BCUT2D eigenvalue weighted by molar-refractivity contribution is 0.280. The average molecular weight is 506 g/mol. The predicted molar refractivity (Wildman–Crippen MR) is 147 cm³/mol. The smallest absolute Gasteiger partial charge is 0.267 e. The fraction of sp³-hybridized carbons (Fsp3) is 0.167. The molecule has 1 saturated carbocycles. The number of thiazole rings is 1. The molecular formula is C30H23N3O3S. The second-order valence-corrected chi connectivity index (χ2v) is 10.0. The van der Waals surface area contributed by atoms with Gasteiger partial charge in [-0.3, -0.25) is 9.20 Å². The molecule has 1 aliphatic rings. The molecule has 2 heterocycles. The molecule has 2 aromatic heterocycles. The van der Waals surface area contributed by atoms with Crippen LogP contribution in [0, 0.1) is 17.2 Å². The summed E-state index contributed by atoms with van der Waals surface area (Å²) < 4.78 is 14.4. The third-order valence-electron chi connectivity index (χ3n) is 6.50. The van der Waals surface area contributed by atoms with Gasteiger partial charge < -0.3 is 9.47 Å². The van der Waals surface area contributed by atoms with E-state index >= 15 is 0 Å². The van der Waals surface area contributed by atoms with Crippen LogP contribution in [0.25, 0.3) is 38.5 Å². The number of hydrogen-bond donors (Lipinski definition) is 0. The molecule has 1 fully saturated rings. The number of nitrogens with zero attached hydrogens (tertiary/aromatic N) is 3. The number of para-hydroxylation sites is 2. The molecule has 182 valence electrons. The van der Waals surface area contributed by atoms with Crippen molar-refractivity contribution in [2.45, 2.75) is 12.8 Å². The summed E-state index contributed by atoms with van der Waals surface area (Å²) in [6.07, 6.45) is 6.16. The minimum Gasteiger partial charge on any atom is -0.493 e. The molecule has 0 amide bonds. The van der Waals surface area contributed by atoms with Gasteiger partial charge in [0, 0.05) is 5.56 Å². The van der Waals surface area contributed by atoms with E-state index in [2.05, 4.69) is 6.07 Å². The summed E-state index contributed by atoms with van der Waals surface area (Å²) in [5.41, 5.74) is 3.80. The maximum Gasteiger partial charge on any atom is 0.267 e. The third-order valence-corrected chi connectivity index (χ3v) is 7.52. The number of methoxy groups -OCH3 is 1. The Bertz CT molecular complexity index is 1760. The summed E-state index contributed by atoms with van der Waals surface area (Å²) in [6, 6.07) is 22.7. The van der Waals surface area contributed by atoms with Crippen molar-refractivity contribution in [2.24, 2.45) is 5.92 Å². The Balaban J connectivity index is 1.52. The van der Waals surface area contributed by atoms with Gasteiger partial charge in [0.25, 0.3) is 5.56 Å². The van der Waals surface area contributed by atoms with Gasteiger partial charge in [-0.15, -0.1) is 0 Å². The van der Waals surface area contributed by atoms with Gasteiger partial charge in [-0.05, 0) is 66.8 Å². The normalized spacial score (nSPS) is 13.3. The fourth-order valence-corrected chi connectivity index (χ4v) is 5.39. The Kier molecular flexibility index (Phi) is 5.95. The van der Waals surface area contributed by atoms with Crippen molar-refractivity contribution in [3.05, 3.63) is 93.9 Å². The SMILES string of the molecule is COc1cccc(/C=C/c2nc3sc4ccccc4n3c(=O)c2-c2ccc(C#N)cc2)c1OCC1CC1. The molecule has 6 rings (SSSR count). The van der Waals surface area contributed by atoms with E-state index in [0.717, 1.165) is 15.8 Å². The van der Waals surface area contributed by atoms with Crippen LogP contribution in [0.15, 0.2) is 71.5 Å². The number of fused-ring (bicyclic) bond motifs is 3. The molecule has 0 unspecified atom stereocenters. The van der Waals surface area contributed by atoms with Gasteiger partial charge in [0.2, 0.25) is 0 Å². The lowest BCUT2D eigenvalue weighted by Gasteiger charge is -2.13. The van der Waals surface area contributed by atoms with Gasteiger partial charge >= 0.3 is 0 Å². The summed E-state index contributed by atoms with van der Waals surface area (Å²) in [5, 5.41) is 9.24. The topological polar surface area (TPSA) is 76.6 Å². The summed E-state index contributed by atoms with van der Waals surface area (Å²) in [6.45, 7) is 0.658. The number of nitriles is 1. The van der Waals surface area contributed by atoms with Crippen LogP contribution in [0.5, 0.6) is 11.5 Å². The Morgan fingerprint density at radius 1 is 1.08 bits per heavy atom. The van der Waals surface area contributed by atoms with Crippen LogP contribution in [0.2, 0.25) is 0 Å². The fourth-order valence-electron chi connectivity index (χ4n) is 4.36. The highest BCUT2D eigenvalue weighted by atomic mass is 32.1. The summed E-state index contributed by atoms with van der Waals surface area (Å²) in [7, 11) is 1.63. The number of benzene rings is 3. The van der Waals surface area contributed by atoms with Gasteiger partial charge in [-0.1, -0.05) is 47.7 Å². The first-order chi connectivity index (χ1) is 18.2. The molecule has 0 N–H and O–H groups in total. The number of rotatable bonds is 7. The standard InChI is InChI=1S/C30H23N3O3S/c1-35-25-7-4-5-22(28(25)36-18-20-9-10-20)15-16-23-27(21-13-11-19(17-31)12-14-21)29(34)33-24-6-2-3-8-26(24)37-30(33)32-23/h2-8,11-16,20H,9-10,18H2,1H3/b16-15+. The van der Waals surface area contributed by atoms with E-state index in [0.29, 0.717) is 51.4 Å².